The summed E-state index contributed by atoms with van der Waals surface area (Å²) in [7, 11) is -2.95. The van der Waals surface area contributed by atoms with Crippen molar-refractivity contribution in [2.75, 3.05) is 18.0 Å². The second kappa shape index (κ2) is 10.8. The van der Waals surface area contributed by atoms with Gasteiger partial charge in [-0.15, -0.1) is 0 Å². The minimum absolute atomic E-state index is 0.233. The van der Waals surface area contributed by atoms with Gasteiger partial charge in [0.1, 0.15) is 12.3 Å². The van der Waals surface area contributed by atoms with E-state index in [1.807, 2.05) is 0 Å². The fourth-order valence-corrected chi connectivity index (χ4v) is 4.66. The molecule has 1 amide bonds. The summed E-state index contributed by atoms with van der Waals surface area (Å²) >= 11 is 6.08. The van der Waals surface area contributed by atoms with Crippen LogP contribution >= 0.6 is 11.6 Å². The molecule has 1 N–H and O–H groups in total. The van der Waals surface area contributed by atoms with Crippen LogP contribution in [0.1, 0.15) is 11.1 Å². The van der Waals surface area contributed by atoms with E-state index < -0.39 is 39.9 Å². The molecule has 0 aliphatic rings. The zero-order valence-corrected chi connectivity index (χ0v) is 19.7. The van der Waals surface area contributed by atoms with Gasteiger partial charge in [-0.2, -0.15) is 18.3 Å². The highest BCUT2D eigenvalue weighted by molar-refractivity contribution is 7.92. The Bertz CT molecular complexity index is 1320. The number of anilines is 1. The largest absolute Gasteiger partial charge is 0.497 e. The topological polar surface area (TPSA) is 88.1 Å². The Morgan fingerprint density at radius 1 is 1.09 bits per heavy atom. The van der Waals surface area contributed by atoms with E-state index in [4.69, 9.17) is 16.3 Å². The molecule has 3 rings (SSSR count). The zero-order valence-electron chi connectivity index (χ0n) is 18.2. The third kappa shape index (κ3) is 6.52. The molecule has 0 radical (unpaired) electrons. The predicted octanol–water partition coefficient (Wildman–Crippen LogP) is 4.71. The molecule has 184 valence electrons. The smallest absolute Gasteiger partial charge is 0.416 e. The minimum Gasteiger partial charge on any atom is -0.497 e. The Hall–Kier alpha value is -3.57. The molecule has 12 heteroatoms. The van der Waals surface area contributed by atoms with Gasteiger partial charge in [-0.1, -0.05) is 29.8 Å². The lowest BCUT2D eigenvalue weighted by atomic mass is 10.2. The third-order valence-corrected chi connectivity index (χ3v) is 6.77. The van der Waals surface area contributed by atoms with Gasteiger partial charge in [0.15, 0.2) is 0 Å². The average Bonchev–Trinajstić information content (AvgIpc) is 2.83. The Balaban J connectivity index is 1.92. The number of hydrogen-bond acceptors (Lipinski definition) is 5. The summed E-state index contributed by atoms with van der Waals surface area (Å²) in [4.78, 5) is 12.3. The maximum absolute atomic E-state index is 13.3. The minimum atomic E-state index is -4.76. The Morgan fingerprint density at radius 3 is 2.34 bits per heavy atom. The first-order valence-electron chi connectivity index (χ1n) is 9.93. The molecule has 0 unspecified atom stereocenters. The zero-order chi connectivity index (χ0) is 25.6. The molecule has 0 spiro atoms. The van der Waals surface area contributed by atoms with Gasteiger partial charge in [0.2, 0.25) is 0 Å². The summed E-state index contributed by atoms with van der Waals surface area (Å²) in [5, 5.41) is 3.49. The lowest BCUT2D eigenvalue weighted by Crippen LogP contribution is -2.40. The number of nitrogens with zero attached hydrogens (tertiary/aromatic N) is 2. The van der Waals surface area contributed by atoms with Crippen LogP contribution in [0.2, 0.25) is 5.02 Å². The Morgan fingerprint density at radius 2 is 1.74 bits per heavy atom. The van der Waals surface area contributed by atoms with Crippen LogP contribution in [0.5, 0.6) is 5.75 Å². The number of methoxy groups -OCH3 is 1. The van der Waals surface area contributed by atoms with Crippen LogP contribution in [0, 0.1) is 0 Å². The molecule has 3 aromatic carbocycles. The number of benzene rings is 3. The number of ether oxygens (including phenoxy) is 1. The highest BCUT2D eigenvalue weighted by atomic mass is 35.5. The Kier molecular flexibility index (Phi) is 8.03. The summed E-state index contributed by atoms with van der Waals surface area (Å²) in [6.45, 7) is -0.877. The number of sulfonamides is 1. The van der Waals surface area contributed by atoms with Crippen molar-refractivity contribution in [3.8, 4) is 5.75 Å². The van der Waals surface area contributed by atoms with Gasteiger partial charge >= 0.3 is 6.18 Å². The first kappa shape index (κ1) is 26.0. The van der Waals surface area contributed by atoms with Crippen molar-refractivity contribution in [1.82, 2.24) is 5.43 Å². The number of hydrazone groups is 1. The molecule has 0 saturated heterocycles. The molecular formula is C23H19ClF3N3O4S. The highest BCUT2D eigenvalue weighted by Gasteiger charge is 2.34. The van der Waals surface area contributed by atoms with E-state index in [1.165, 1.54) is 37.6 Å². The van der Waals surface area contributed by atoms with Gasteiger partial charge in [0, 0.05) is 0 Å². The first-order chi connectivity index (χ1) is 16.5. The predicted molar refractivity (Wildman–Crippen MR) is 126 cm³/mol. The maximum atomic E-state index is 13.3. The fraction of sp³-hybridized carbons (Fsp3) is 0.130. The second-order valence-electron chi connectivity index (χ2n) is 7.06. The highest BCUT2D eigenvalue weighted by Crippen LogP contribution is 2.37. The van der Waals surface area contributed by atoms with Crippen LogP contribution in [-0.4, -0.2) is 34.2 Å². The molecule has 0 fully saturated rings. The molecule has 7 nitrogen and oxygen atoms in total. The van der Waals surface area contributed by atoms with Gasteiger partial charge < -0.3 is 4.74 Å². The van der Waals surface area contributed by atoms with Crippen LogP contribution in [0.15, 0.2) is 82.8 Å². The van der Waals surface area contributed by atoms with Gasteiger partial charge in [-0.05, 0) is 60.2 Å². The van der Waals surface area contributed by atoms with E-state index in [2.05, 4.69) is 10.5 Å². The second-order valence-corrected chi connectivity index (χ2v) is 9.32. The van der Waals surface area contributed by atoms with Gasteiger partial charge in [-0.3, -0.25) is 9.10 Å². The summed E-state index contributed by atoms with van der Waals surface area (Å²) in [5.74, 6) is -0.284. The number of rotatable bonds is 8. The fourth-order valence-electron chi connectivity index (χ4n) is 2.93. The van der Waals surface area contributed by atoms with E-state index in [1.54, 1.807) is 30.3 Å². The number of amides is 1. The molecule has 0 aliphatic carbocycles. The molecular weight excluding hydrogens is 507 g/mol. The quantitative estimate of drug-likeness (QED) is 0.341. The molecule has 35 heavy (non-hydrogen) atoms. The van der Waals surface area contributed by atoms with Crippen LogP contribution in [0.3, 0.4) is 0 Å². The SMILES string of the molecule is COc1ccc(/C=N\NC(=O)CN(c2cc(C(F)(F)F)ccc2Cl)S(=O)(=O)c2ccccc2)cc1. The van der Waals surface area contributed by atoms with Crippen LogP contribution in [0.4, 0.5) is 18.9 Å². The van der Waals surface area contributed by atoms with Crippen molar-refractivity contribution in [3.63, 3.8) is 0 Å². The summed E-state index contributed by atoms with van der Waals surface area (Å²) in [5.41, 5.74) is 1.17. The van der Waals surface area contributed by atoms with Crippen molar-refractivity contribution in [3.05, 3.63) is 88.9 Å². The summed E-state index contributed by atoms with van der Waals surface area (Å²) < 4.78 is 72.1. The van der Waals surface area contributed by atoms with E-state index in [9.17, 15) is 26.4 Å². The number of carbonyl (C=O) groups excluding carboxylic acids is 1. The first-order valence-corrected chi connectivity index (χ1v) is 11.7. The molecule has 0 saturated carbocycles. The standard InChI is InChI=1S/C23H19ClF3N3O4S/c1-34-18-10-7-16(8-11-18)14-28-29-22(31)15-30(35(32,33)19-5-3-2-4-6-19)21-13-17(23(25,26)27)9-12-20(21)24/h2-14H,15H2,1H3,(H,29,31)/b28-14-. The van der Waals surface area contributed by atoms with E-state index in [-0.39, 0.29) is 9.92 Å². The van der Waals surface area contributed by atoms with Crippen LogP contribution in [0.25, 0.3) is 0 Å². The van der Waals surface area contributed by atoms with Crippen LogP contribution in [-0.2, 0) is 21.0 Å². The summed E-state index contributed by atoms with van der Waals surface area (Å²) in [6.07, 6.45) is -3.45. The number of nitrogens with one attached hydrogen (secondary N) is 1. The van der Waals surface area contributed by atoms with Crippen molar-refractivity contribution in [2.24, 2.45) is 5.10 Å². The van der Waals surface area contributed by atoms with Crippen LogP contribution < -0.4 is 14.5 Å². The monoisotopic (exact) mass is 525 g/mol. The average molecular weight is 526 g/mol. The lowest BCUT2D eigenvalue weighted by molar-refractivity contribution is -0.137. The van der Waals surface area contributed by atoms with Crippen molar-refractivity contribution in [1.29, 1.82) is 0 Å². The maximum Gasteiger partial charge on any atom is 0.416 e. The van der Waals surface area contributed by atoms with Crippen molar-refractivity contribution < 1.29 is 31.1 Å². The van der Waals surface area contributed by atoms with E-state index >= 15 is 0 Å². The van der Waals surface area contributed by atoms with E-state index in [0.717, 1.165) is 12.1 Å². The van der Waals surface area contributed by atoms with Gasteiger partial charge in [0.25, 0.3) is 15.9 Å². The number of hydrogen-bond donors (Lipinski definition) is 1. The number of carbonyl (C=O) groups is 1. The molecule has 0 aromatic heterocycles. The molecule has 0 bridgehead atoms. The Labute approximate surface area is 204 Å². The molecule has 0 atom stereocenters. The normalized spacial score (nSPS) is 11.9. The molecule has 3 aromatic rings. The third-order valence-electron chi connectivity index (χ3n) is 4.68. The number of alkyl halides is 3. The molecule has 0 aliphatic heterocycles. The van der Waals surface area contributed by atoms with E-state index in [0.29, 0.717) is 21.7 Å². The van der Waals surface area contributed by atoms with Crippen molar-refractivity contribution in [2.45, 2.75) is 11.1 Å². The number of halogens is 4. The summed E-state index contributed by atoms with van der Waals surface area (Å²) in [6, 6.07) is 15.9. The van der Waals surface area contributed by atoms with Crippen molar-refractivity contribution >= 4 is 39.4 Å². The van der Waals surface area contributed by atoms with Gasteiger partial charge in [-0.25, -0.2) is 13.8 Å². The lowest BCUT2D eigenvalue weighted by Gasteiger charge is -2.25. The molecule has 0 heterocycles. The van der Waals surface area contributed by atoms with Gasteiger partial charge in [0.05, 0.1) is 34.5 Å².